The molecule has 0 N–H and O–H groups in total. The number of aryl methyl sites for hydroxylation is 1. The molecule has 0 amide bonds. The molecule has 0 aliphatic rings. The van der Waals surface area contributed by atoms with Crippen molar-refractivity contribution in [3.8, 4) is 11.6 Å². The number of ether oxygens (including phenoxy) is 1. The maximum atomic E-state index is 13.1. The van der Waals surface area contributed by atoms with Gasteiger partial charge in [-0.1, -0.05) is 44.4 Å². The number of hydrogen-bond acceptors (Lipinski definition) is 3. The van der Waals surface area contributed by atoms with Crippen LogP contribution in [0.3, 0.4) is 0 Å². The molecule has 7 heteroatoms. The fraction of sp³-hybridized carbons (Fsp3) is 0.474. The Hall–Kier alpha value is -2.31. The summed E-state index contributed by atoms with van der Waals surface area (Å²) in [6.07, 6.45) is -1.61. The zero-order chi connectivity index (χ0) is 19.3. The Labute approximate surface area is 151 Å². The molecule has 1 unspecified atom stereocenters. The molecule has 2 aromatic rings. The van der Waals surface area contributed by atoms with Gasteiger partial charge in [-0.25, -0.2) is 4.68 Å². The first-order chi connectivity index (χ1) is 12.3. The van der Waals surface area contributed by atoms with Crippen LogP contribution < -0.4 is 4.74 Å². The number of hydrogen-bond donors (Lipinski definition) is 0. The third-order valence-corrected chi connectivity index (χ3v) is 4.18. The second-order valence-corrected chi connectivity index (χ2v) is 6.28. The number of aromatic nitrogens is 2. The van der Waals surface area contributed by atoms with Crippen molar-refractivity contribution in [3.05, 3.63) is 41.6 Å². The highest BCUT2D eigenvalue weighted by atomic mass is 19.4. The zero-order valence-electron chi connectivity index (χ0n) is 15.1. The van der Waals surface area contributed by atoms with E-state index in [4.69, 9.17) is 4.74 Å². The maximum absolute atomic E-state index is 13.1. The molecule has 1 atom stereocenters. The van der Waals surface area contributed by atoms with Crippen LogP contribution in [0, 0.1) is 12.8 Å². The van der Waals surface area contributed by atoms with E-state index in [1.807, 2.05) is 20.8 Å². The largest absolute Gasteiger partial charge is 0.435 e. The van der Waals surface area contributed by atoms with Crippen molar-refractivity contribution in [2.75, 3.05) is 0 Å². The van der Waals surface area contributed by atoms with Crippen molar-refractivity contribution >= 4 is 5.97 Å². The highest BCUT2D eigenvalue weighted by Gasteiger charge is 2.36. The normalized spacial score (nSPS) is 12.8. The van der Waals surface area contributed by atoms with E-state index in [-0.39, 0.29) is 11.8 Å². The number of rotatable bonds is 7. The second-order valence-electron chi connectivity index (χ2n) is 6.28. The van der Waals surface area contributed by atoms with Gasteiger partial charge in [-0.15, -0.1) is 0 Å². The van der Waals surface area contributed by atoms with Gasteiger partial charge in [0, 0.05) is 6.07 Å². The first-order valence-electron chi connectivity index (χ1n) is 8.72. The average Bonchev–Trinajstić information content (AvgIpc) is 3.00. The van der Waals surface area contributed by atoms with Crippen molar-refractivity contribution in [3.63, 3.8) is 0 Å². The number of nitrogens with zero attached hydrogens (tertiary/aromatic N) is 2. The lowest BCUT2D eigenvalue weighted by atomic mass is 10.00. The van der Waals surface area contributed by atoms with Crippen molar-refractivity contribution in [1.29, 1.82) is 0 Å². The van der Waals surface area contributed by atoms with Crippen molar-refractivity contribution < 1.29 is 22.7 Å². The van der Waals surface area contributed by atoms with Gasteiger partial charge in [-0.3, -0.25) is 4.79 Å². The number of benzene rings is 1. The van der Waals surface area contributed by atoms with Crippen LogP contribution >= 0.6 is 0 Å². The van der Waals surface area contributed by atoms with Crippen LogP contribution in [0.15, 0.2) is 30.3 Å². The number of halogens is 3. The lowest BCUT2D eigenvalue weighted by molar-refractivity contribution is -0.142. The van der Waals surface area contributed by atoms with Gasteiger partial charge < -0.3 is 4.74 Å². The third kappa shape index (κ3) is 4.86. The minimum atomic E-state index is -4.62. The molecule has 0 saturated carbocycles. The Bertz CT molecular complexity index is 736. The topological polar surface area (TPSA) is 44.1 Å². The molecule has 1 heterocycles. The lowest BCUT2D eigenvalue weighted by Gasteiger charge is -2.14. The van der Waals surface area contributed by atoms with Crippen molar-refractivity contribution in [1.82, 2.24) is 9.78 Å². The summed E-state index contributed by atoms with van der Waals surface area (Å²) < 4.78 is 45.6. The van der Waals surface area contributed by atoms with E-state index < -0.39 is 17.8 Å². The summed E-state index contributed by atoms with van der Waals surface area (Å²) in [5.74, 6) is -1.09. The van der Waals surface area contributed by atoms with Crippen LogP contribution in [0.2, 0.25) is 0 Å². The first kappa shape index (κ1) is 20.0. The highest BCUT2D eigenvalue weighted by Crippen LogP contribution is 2.32. The minimum Gasteiger partial charge on any atom is -0.407 e. The van der Waals surface area contributed by atoms with Crippen LogP contribution in [-0.4, -0.2) is 15.7 Å². The summed E-state index contributed by atoms with van der Waals surface area (Å²) in [5.41, 5.74) is 0.263. The summed E-state index contributed by atoms with van der Waals surface area (Å²) in [4.78, 5) is 12.4. The lowest BCUT2D eigenvalue weighted by Crippen LogP contribution is -2.21. The van der Waals surface area contributed by atoms with Gasteiger partial charge in [-0.2, -0.15) is 18.3 Å². The number of carbonyl (C=O) groups excluding carboxylic acids is 1. The number of carbonyl (C=O) groups is 1. The zero-order valence-corrected chi connectivity index (χ0v) is 15.1. The smallest absolute Gasteiger partial charge is 0.407 e. The van der Waals surface area contributed by atoms with E-state index in [1.54, 1.807) is 24.3 Å². The summed E-state index contributed by atoms with van der Waals surface area (Å²) >= 11 is 0. The number of alkyl halides is 3. The van der Waals surface area contributed by atoms with E-state index in [9.17, 15) is 18.0 Å². The van der Waals surface area contributed by atoms with Crippen LogP contribution in [0.1, 0.15) is 50.8 Å². The molecule has 0 aliphatic heterocycles. The van der Waals surface area contributed by atoms with E-state index in [0.29, 0.717) is 18.5 Å². The van der Waals surface area contributed by atoms with E-state index >= 15 is 0 Å². The molecule has 4 nitrogen and oxygen atoms in total. The fourth-order valence-corrected chi connectivity index (χ4v) is 2.57. The van der Waals surface area contributed by atoms with Crippen LogP contribution in [0.25, 0.3) is 5.69 Å². The molecule has 142 valence electrons. The molecule has 0 bridgehead atoms. The fourth-order valence-electron chi connectivity index (χ4n) is 2.57. The molecule has 1 aromatic heterocycles. The van der Waals surface area contributed by atoms with Gasteiger partial charge in [0.05, 0.1) is 11.6 Å². The van der Waals surface area contributed by atoms with Crippen LogP contribution in [0.5, 0.6) is 5.88 Å². The molecule has 0 spiro atoms. The van der Waals surface area contributed by atoms with E-state index in [2.05, 4.69) is 5.10 Å². The highest BCUT2D eigenvalue weighted by molar-refractivity contribution is 5.74. The SMILES string of the molecule is CCCCC(CC)C(=O)Oc1cc(C(F)(F)F)nn1-c1ccc(C)cc1. The Morgan fingerprint density at radius 1 is 1.23 bits per heavy atom. The molecule has 0 saturated heterocycles. The third-order valence-electron chi connectivity index (χ3n) is 4.18. The van der Waals surface area contributed by atoms with Crippen molar-refractivity contribution in [2.45, 2.75) is 52.6 Å². The first-order valence-corrected chi connectivity index (χ1v) is 8.72. The Morgan fingerprint density at radius 3 is 2.42 bits per heavy atom. The van der Waals surface area contributed by atoms with Gasteiger partial charge in [-0.05, 0) is 31.9 Å². The minimum absolute atomic E-state index is 0.221. The molecule has 0 aliphatic carbocycles. The predicted molar refractivity (Wildman–Crippen MR) is 92.2 cm³/mol. The van der Waals surface area contributed by atoms with Gasteiger partial charge in [0.1, 0.15) is 0 Å². The molecular weight excluding hydrogens is 345 g/mol. The summed E-state index contributed by atoms with van der Waals surface area (Å²) in [6.45, 7) is 5.74. The van der Waals surface area contributed by atoms with Gasteiger partial charge in [0.25, 0.3) is 0 Å². The summed E-state index contributed by atoms with van der Waals surface area (Å²) in [6, 6.07) is 7.55. The van der Waals surface area contributed by atoms with Crippen LogP contribution in [0.4, 0.5) is 13.2 Å². The molecular formula is C19H23F3N2O2. The van der Waals surface area contributed by atoms with Gasteiger partial charge >= 0.3 is 12.1 Å². The van der Waals surface area contributed by atoms with Gasteiger partial charge in [0.2, 0.25) is 5.88 Å². The Balaban J connectivity index is 2.35. The van der Waals surface area contributed by atoms with Crippen molar-refractivity contribution in [2.24, 2.45) is 5.92 Å². The maximum Gasteiger partial charge on any atom is 0.435 e. The summed E-state index contributed by atoms with van der Waals surface area (Å²) in [7, 11) is 0. The molecule has 0 fully saturated rings. The second kappa shape index (κ2) is 8.38. The van der Waals surface area contributed by atoms with Gasteiger partial charge in [0.15, 0.2) is 5.69 Å². The number of esters is 1. The average molecular weight is 368 g/mol. The van der Waals surface area contributed by atoms with Crippen LogP contribution in [-0.2, 0) is 11.0 Å². The van der Waals surface area contributed by atoms with E-state index in [0.717, 1.165) is 29.2 Å². The predicted octanol–water partition coefficient (Wildman–Crippen LogP) is 5.32. The Kier molecular flexibility index (Phi) is 6.45. The summed E-state index contributed by atoms with van der Waals surface area (Å²) in [5, 5.41) is 3.60. The molecule has 1 aromatic carbocycles. The quantitative estimate of drug-likeness (QED) is 0.621. The monoisotopic (exact) mass is 368 g/mol. The molecule has 0 radical (unpaired) electrons. The Morgan fingerprint density at radius 2 is 1.88 bits per heavy atom. The molecule has 2 rings (SSSR count). The standard InChI is InChI=1S/C19H23F3N2O2/c1-4-6-7-14(5-2)18(25)26-17-12-16(19(20,21)22)23-24(17)15-10-8-13(3)9-11-15/h8-12,14H,4-7H2,1-3H3. The molecule has 26 heavy (non-hydrogen) atoms. The number of unbranched alkanes of at least 4 members (excludes halogenated alkanes) is 1. The van der Waals surface area contributed by atoms with E-state index in [1.165, 1.54) is 0 Å².